The molecule has 2 aliphatic heterocycles. The summed E-state index contributed by atoms with van der Waals surface area (Å²) < 4.78 is 34.8. The third-order valence-corrected chi connectivity index (χ3v) is 10.2. The van der Waals surface area contributed by atoms with Gasteiger partial charge in [0.05, 0.1) is 30.2 Å². The van der Waals surface area contributed by atoms with E-state index in [4.69, 9.17) is 4.74 Å². The number of nitrogens with one attached hydrogen (secondary N) is 2. The molecule has 1 fully saturated rings. The number of ether oxygens (including phenoxy) is 1. The van der Waals surface area contributed by atoms with Gasteiger partial charge in [-0.15, -0.1) is 0 Å². The Kier molecular flexibility index (Phi) is 11.7. The summed E-state index contributed by atoms with van der Waals surface area (Å²) in [4.78, 5) is 29.1. The van der Waals surface area contributed by atoms with Crippen molar-refractivity contribution in [2.75, 3.05) is 39.3 Å². The second-order valence-corrected chi connectivity index (χ2v) is 15.7. The first kappa shape index (κ1) is 34.9. The molecule has 0 aromatic heterocycles. The molecular weight excluding hydrogens is 592 g/mol. The van der Waals surface area contributed by atoms with Crippen LogP contribution in [0, 0.1) is 11.3 Å². The van der Waals surface area contributed by atoms with Crippen LogP contribution >= 0.6 is 0 Å². The Morgan fingerprint density at radius 2 is 1.71 bits per heavy atom. The largest absolute Gasteiger partial charge is 0.493 e. The van der Waals surface area contributed by atoms with Gasteiger partial charge >= 0.3 is 0 Å². The summed E-state index contributed by atoms with van der Waals surface area (Å²) in [5, 5.41) is 17.6. The fourth-order valence-corrected chi connectivity index (χ4v) is 7.60. The standard InChI is InChI=1S/C34H50N4O6S/c1-24(2)21-38(45(42,43)27-13-14-30-26(20-27)15-18-44-30)22-29(39)28(19-25-11-7-6-8-12-25)35-33(41)32(34(3,4)5)36-31(40)23-37-16-9-10-17-37/h6-8,11-14,20,24,28-29,32,39H,9-10,15-19,21-23H2,1-5H3,(H,35,41)(H,36,40)/t28?,29-,32-/m1/s1. The van der Waals surface area contributed by atoms with Crippen LogP contribution < -0.4 is 15.4 Å². The van der Waals surface area contributed by atoms with E-state index in [1.54, 1.807) is 18.2 Å². The molecule has 0 saturated carbocycles. The van der Waals surface area contributed by atoms with Gasteiger partial charge in [0.25, 0.3) is 0 Å². The summed E-state index contributed by atoms with van der Waals surface area (Å²) in [5.41, 5.74) is 1.11. The maximum absolute atomic E-state index is 13.9. The average Bonchev–Trinajstić information content (AvgIpc) is 3.66. The minimum Gasteiger partial charge on any atom is -0.493 e. The smallest absolute Gasteiger partial charge is 0.243 e. The maximum atomic E-state index is 13.9. The number of likely N-dealkylation sites (tertiary alicyclic amines) is 1. The van der Waals surface area contributed by atoms with Gasteiger partial charge in [0.15, 0.2) is 0 Å². The number of aliphatic hydroxyl groups excluding tert-OH is 1. The van der Waals surface area contributed by atoms with Crippen LogP contribution in [0.5, 0.6) is 5.75 Å². The molecule has 0 bridgehead atoms. The van der Waals surface area contributed by atoms with E-state index >= 15 is 0 Å². The Morgan fingerprint density at radius 1 is 1.02 bits per heavy atom. The van der Waals surface area contributed by atoms with Crippen LogP contribution in [0.25, 0.3) is 0 Å². The molecule has 2 aromatic carbocycles. The number of nitrogens with zero attached hydrogens (tertiary/aromatic N) is 2. The van der Waals surface area contributed by atoms with E-state index in [-0.39, 0.29) is 42.8 Å². The highest BCUT2D eigenvalue weighted by Gasteiger charge is 2.37. The van der Waals surface area contributed by atoms with Gasteiger partial charge in [0.1, 0.15) is 11.8 Å². The SMILES string of the molecule is CC(C)CN(C[C@@H](O)C(Cc1ccccc1)NC(=O)[C@@H](NC(=O)CN1CCCC1)C(C)(C)C)S(=O)(=O)c1ccc2c(c1)CCO2. The van der Waals surface area contributed by atoms with Crippen molar-refractivity contribution in [1.82, 2.24) is 19.8 Å². The Hall–Kier alpha value is -2.99. The van der Waals surface area contributed by atoms with Crippen molar-refractivity contribution in [3.8, 4) is 5.75 Å². The zero-order valence-electron chi connectivity index (χ0n) is 27.3. The summed E-state index contributed by atoms with van der Waals surface area (Å²) in [5.74, 6) is 0.0363. The van der Waals surface area contributed by atoms with Crippen molar-refractivity contribution in [2.45, 2.75) is 83.4 Å². The number of rotatable bonds is 14. The van der Waals surface area contributed by atoms with E-state index in [1.165, 1.54) is 4.31 Å². The zero-order chi connectivity index (χ0) is 32.8. The monoisotopic (exact) mass is 642 g/mol. The topological polar surface area (TPSA) is 128 Å². The van der Waals surface area contributed by atoms with Gasteiger partial charge in [-0.1, -0.05) is 65.0 Å². The lowest BCUT2D eigenvalue weighted by Crippen LogP contribution is -2.59. The van der Waals surface area contributed by atoms with Gasteiger partial charge in [-0.05, 0) is 73.0 Å². The fourth-order valence-electron chi connectivity index (χ4n) is 5.93. The van der Waals surface area contributed by atoms with Crippen LogP contribution in [0.3, 0.4) is 0 Å². The number of aliphatic hydroxyl groups is 1. The summed E-state index contributed by atoms with van der Waals surface area (Å²) in [6, 6.07) is 12.6. The molecule has 0 spiro atoms. The van der Waals surface area contributed by atoms with Crippen molar-refractivity contribution < 1.29 is 27.9 Å². The molecule has 1 unspecified atom stereocenters. The Labute approximate surface area is 268 Å². The van der Waals surface area contributed by atoms with Gasteiger partial charge in [-0.3, -0.25) is 14.5 Å². The predicted molar refractivity (Wildman–Crippen MR) is 174 cm³/mol. The minimum absolute atomic E-state index is 0.0111. The molecule has 10 nitrogen and oxygen atoms in total. The summed E-state index contributed by atoms with van der Waals surface area (Å²) in [6.45, 7) is 11.9. The minimum atomic E-state index is -3.97. The molecule has 2 aliphatic rings. The fraction of sp³-hybridized carbons (Fsp3) is 0.588. The number of fused-ring (bicyclic) bond motifs is 1. The van der Waals surface area contributed by atoms with Gasteiger partial charge < -0.3 is 20.5 Å². The van der Waals surface area contributed by atoms with Crippen LogP contribution in [0.4, 0.5) is 0 Å². The third kappa shape index (κ3) is 9.51. The highest BCUT2D eigenvalue weighted by Crippen LogP contribution is 2.29. The van der Waals surface area contributed by atoms with Gasteiger partial charge in [0.2, 0.25) is 21.8 Å². The van der Waals surface area contributed by atoms with E-state index in [0.29, 0.717) is 18.8 Å². The quantitative estimate of drug-likeness (QED) is 0.289. The van der Waals surface area contributed by atoms with Crippen molar-refractivity contribution in [3.63, 3.8) is 0 Å². The van der Waals surface area contributed by atoms with Gasteiger partial charge in [-0.25, -0.2) is 8.42 Å². The average molecular weight is 643 g/mol. The zero-order valence-corrected chi connectivity index (χ0v) is 28.1. The Bertz CT molecular complexity index is 1400. The molecule has 248 valence electrons. The lowest BCUT2D eigenvalue weighted by atomic mass is 9.85. The number of benzene rings is 2. The van der Waals surface area contributed by atoms with Gasteiger partial charge in [0, 0.05) is 19.5 Å². The lowest BCUT2D eigenvalue weighted by Gasteiger charge is -2.35. The highest BCUT2D eigenvalue weighted by molar-refractivity contribution is 7.89. The first-order valence-corrected chi connectivity index (χ1v) is 17.5. The van der Waals surface area contributed by atoms with E-state index in [1.807, 2.05) is 65.0 Å². The first-order valence-electron chi connectivity index (χ1n) is 16.0. The number of carbonyl (C=O) groups is 2. The van der Waals surface area contributed by atoms with Crippen molar-refractivity contribution >= 4 is 21.8 Å². The Balaban J connectivity index is 1.56. The molecule has 0 radical (unpaired) electrons. The lowest BCUT2D eigenvalue weighted by molar-refractivity contribution is -0.133. The van der Waals surface area contributed by atoms with Gasteiger partial charge in [-0.2, -0.15) is 4.31 Å². The Morgan fingerprint density at radius 3 is 2.36 bits per heavy atom. The molecule has 2 amide bonds. The van der Waals surface area contributed by atoms with E-state index in [2.05, 4.69) is 15.5 Å². The maximum Gasteiger partial charge on any atom is 0.243 e. The highest BCUT2D eigenvalue weighted by atomic mass is 32.2. The van der Waals surface area contributed by atoms with Crippen molar-refractivity contribution in [2.24, 2.45) is 11.3 Å². The van der Waals surface area contributed by atoms with Crippen LogP contribution in [-0.2, 0) is 32.5 Å². The van der Waals surface area contributed by atoms with E-state index in [0.717, 1.165) is 37.1 Å². The third-order valence-electron chi connectivity index (χ3n) is 8.35. The molecular formula is C34H50N4O6S. The summed E-state index contributed by atoms with van der Waals surface area (Å²) >= 11 is 0. The van der Waals surface area contributed by atoms with E-state index in [9.17, 15) is 23.1 Å². The van der Waals surface area contributed by atoms with Crippen LogP contribution in [0.1, 0.15) is 58.6 Å². The molecule has 2 heterocycles. The number of sulfonamides is 1. The number of amides is 2. The van der Waals surface area contributed by atoms with E-state index < -0.39 is 39.5 Å². The number of hydrogen-bond donors (Lipinski definition) is 3. The van der Waals surface area contributed by atoms with Crippen LogP contribution in [0.15, 0.2) is 53.4 Å². The van der Waals surface area contributed by atoms with Crippen molar-refractivity contribution in [3.05, 3.63) is 59.7 Å². The summed E-state index contributed by atoms with van der Waals surface area (Å²) in [6.07, 6.45) is 1.79. The first-order chi connectivity index (χ1) is 21.2. The molecule has 3 N–H and O–H groups in total. The molecule has 0 aliphatic carbocycles. The normalized spacial score (nSPS) is 17.5. The number of hydrogen-bond acceptors (Lipinski definition) is 7. The predicted octanol–water partition coefficient (Wildman–Crippen LogP) is 2.98. The molecule has 45 heavy (non-hydrogen) atoms. The van der Waals surface area contributed by atoms with Crippen molar-refractivity contribution in [1.29, 1.82) is 0 Å². The molecule has 1 saturated heterocycles. The second-order valence-electron chi connectivity index (χ2n) is 13.8. The second kappa shape index (κ2) is 15.1. The molecule has 3 atom stereocenters. The molecule has 4 rings (SSSR count). The number of carbonyl (C=O) groups excluding carboxylic acids is 2. The van der Waals surface area contributed by atoms with Crippen LogP contribution in [-0.4, -0.2) is 92.1 Å². The summed E-state index contributed by atoms with van der Waals surface area (Å²) in [7, 11) is -3.97. The molecule has 2 aromatic rings. The molecule has 11 heteroatoms. The van der Waals surface area contributed by atoms with Crippen LogP contribution in [0.2, 0.25) is 0 Å².